The molecular weight excluding hydrogens is 550 g/mol. The molecule has 0 aromatic heterocycles. The Labute approximate surface area is 222 Å². The summed E-state index contributed by atoms with van der Waals surface area (Å²) in [6.45, 7) is 4.88. The first-order valence-electron chi connectivity index (χ1n) is 11.0. The third-order valence-corrected chi connectivity index (χ3v) is 7.11. The van der Waals surface area contributed by atoms with Crippen LogP contribution in [0.1, 0.15) is 29.2 Å². The molecule has 0 atom stereocenters. The van der Waals surface area contributed by atoms with Crippen LogP contribution in [0.4, 0.5) is 4.79 Å². The van der Waals surface area contributed by atoms with Crippen molar-refractivity contribution in [2.75, 3.05) is 6.61 Å². The zero-order chi connectivity index (χ0) is 24.9. The van der Waals surface area contributed by atoms with Crippen molar-refractivity contribution in [2.45, 2.75) is 27.0 Å². The molecule has 3 aromatic carbocycles. The maximum Gasteiger partial charge on any atom is 0.293 e. The second-order valence-electron chi connectivity index (χ2n) is 7.87. The lowest BCUT2D eigenvalue weighted by Gasteiger charge is -2.15. The summed E-state index contributed by atoms with van der Waals surface area (Å²) in [4.78, 5) is 27.1. The number of imide groups is 1. The highest BCUT2D eigenvalue weighted by atomic mass is 79.9. The Hall–Kier alpha value is -2.74. The van der Waals surface area contributed by atoms with Crippen molar-refractivity contribution in [3.63, 3.8) is 0 Å². The summed E-state index contributed by atoms with van der Waals surface area (Å²) in [7, 11) is 0. The molecule has 4 rings (SSSR count). The van der Waals surface area contributed by atoms with Crippen LogP contribution >= 0.6 is 39.3 Å². The number of halogens is 2. The number of thioether (sulfide) groups is 1. The summed E-state index contributed by atoms with van der Waals surface area (Å²) >= 11 is 10.9. The normalized spacial score (nSPS) is 14.6. The van der Waals surface area contributed by atoms with E-state index >= 15 is 0 Å². The minimum atomic E-state index is -0.336. The molecule has 1 fully saturated rings. The molecule has 0 N–H and O–H groups in total. The van der Waals surface area contributed by atoms with E-state index in [0.717, 1.165) is 32.9 Å². The van der Waals surface area contributed by atoms with Gasteiger partial charge in [0.25, 0.3) is 11.1 Å². The Kier molecular flexibility index (Phi) is 8.21. The predicted molar refractivity (Wildman–Crippen MR) is 144 cm³/mol. The first-order valence-corrected chi connectivity index (χ1v) is 13.0. The standard InChI is InChI=1S/C27H23BrClNO4S/c1-3-33-23-13-19(12-22(29)25(23)34-16-20-7-5-4-6-17(20)2)14-24-26(31)30(27(32)35-24)15-18-8-10-21(28)11-9-18/h4-14H,3,15-16H2,1-2H3/b24-14-. The Balaban J connectivity index is 1.55. The Morgan fingerprint density at radius 1 is 1.06 bits per heavy atom. The van der Waals surface area contributed by atoms with Gasteiger partial charge in [0.15, 0.2) is 11.5 Å². The molecule has 0 saturated carbocycles. The highest BCUT2D eigenvalue weighted by Gasteiger charge is 2.35. The molecule has 0 unspecified atom stereocenters. The number of rotatable bonds is 8. The van der Waals surface area contributed by atoms with E-state index in [1.165, 1.54) is 4.90 Å². The minimum absolute atomic E-state index is 0.214. The summed E-state index contributed by atoms with van der Waals surface area (Å²) in [6, 6.07) is 19.0. The van der Waals surface area contributed by atoms with E-state index in [4.69, 9.17) is 21.1 Å². The van der Waals surface area contributed by atoms with Gasteiger partial charge in [0.1, 0.15) is 6.61 Å². The smallest absolute Gasteiger partial charge is 0.293 e. The molecule has 0 radical (unpaired) electrons. The third kappa shape index (κ3) is 6.10. The SMILES string of the molecule is CCOc1cc(/C=C2\SC(=O)N(Cc3ccc(Br)cc3)C2=O)cc(Cl)c1OCc1ccccc1C. The second-order valence-corrected chi connectivity index (χ2v) is 10.2. The van der Waals surface area contributed by atoms with Gasteiger partial charge in [0.2, 0.25) is 0 Å². The van der Waals surface area contributed by atoms with Crippen molar-refractivity contribution in [2.24, 2.45) is 0 Å². The van der Waals surface area contributed by atoms with Crippen LogP contribution in [-0.2, 0) is 17.9 Å². The second kappa shape index (κ2) is 11.3. The van der Waals surface area contributed by atoms with Crippen molar-refractivity contribution in [1.29, 1.82) is 0 Å². The van der Waals surface area contributed by atoms with Crippen LogP contribution in [0, 0.1) is 6.92 Å². The zero-order valence-electron chi connectivity index (χ0n) is 19.2. The van der Waals surface area contributed by atoms with Gasteiger partial charge in [-0.3, -0.25) is 14.5 Å². The van der Waals surface area contributed by atoms with Gasteiger partial charge in [0.05, 0.1) is 23.1 Å². The molecule has 1 heterocycles. The van der Waals surface area contributed by atoms with Crippen LogP contribution in [0.2, 0.25) is 5.02 Å². The number of carbonyl (C=O) groups excluding carboxylic acids is 2. The molecular formula is C27H23BrClNO4S. The lowest BCUT2D eigenvalue weighted by atomic mass is 10.1. The molecule has 0 spiro atoms. The maximum absolute atomic E-state index is 13.0. The molecule has 8 heteroatoms. The van der Waals surface area contributed by atoms with Crippen LogP contribution in [0.15, 0.2) is 70.0 Å². The van der Waals surface area contributed by atoms with Crippen molar-refractivity contribution >= 4 is 56.5 Å². The van der Waals surface area contributed by atoms with E-state index in [1.54, 1.807) is 18.2 Å². The van der Waals surface area contributed by atoms with Gasteiger partial charge in [0, 0.05) is 4.47 Å². The maximum atomic E-state index is 13.0. The number of nitrogens with zero attached hydrogens (tertiary/aromatic N) is 1. The number of carbonyl (C=O) groups is 2. The number of aryl methyl sites for hydroxylation is 1. The van der Waals surface area contributed by atoms with Gasteiger partial charge in [-0.1, -0.05) is 63.9 Å². The summed E-state index contributed by atoms with van der Waals surface area (Å²) in [5.74, 6) is 0.586. The van der Waals surface area contributed by atoms with E-state index in [9.17, 15) is 9.59 Å². The van der Waals surface area contributed by atoms with E-state index in [-0.39, 0.29) is 17.7 Å². The Morgan fingerprint density at radius 2 is 1.80 bits per heavy atom. The quantitative estimate of drug-likeness (QED) is 0.260. The molecule has 3 aromatic rings. The van der Waals surface area contributed by atoms with Gasteiger partial charge in [-0.2, -0.15) is 0 Å². The molecule has 5 nitrogen and oxygen atoms in total. The van der Waals surface area contributed by atoms with Crippen molar-refractivity contribution < 1.29 is 19.1 Å². The van der Waals surface area contributed by atoms with Crippen molar-refractivity contribution in [1.82, 2.24) is 4.90 Å². The molecule has 2 amide bonds. The Bertz CT molecular complexity index is 1290. The lowest BCUT2D eigenvalue weighted by Crippen LogP contribution is -2.27. The first kappa shape index (κ1) is 25.4. The van der Waals surface area contributed by atoms with Gasteiger partial charge < -0.3 is 9.47 Å². The summed E-state index contributed by atoms with van der Waals surface area (Å²) < 4.78 is 12.7. The van der Waals surface area contributed by atoms with Crippen LogP contribution < -0.4 is 9.47 Å². The number of hydrogen-bond acceptors (Lipinski definition) is 5. The van der Waals surface area contributed by atoms with Gasteiger partial charge in [-0.05, 0) is 78.2 Å². The van der Waals surface area contributed by atoms with Crippen LogP contribution in [0.25, 0.3) is 6.08 Å². The highest BCUT2D eigenvalue weighted by molar-refractivity contribution is 9.10. The third-order valence-electron chi connectivity index (χ3n) is 5.39. The largest absolute Gasteiger partial charge is 0.490 e. The fourth-order valence-corrected chi connectivity index (χ4v) is 4.93. The van der Waals surface area contributed by atoms with E-state index in [1.807, 2.05) is 62.4 Å². The monoisotopic (exact) mass is 571 g/mol. The topological polar surface area (TPSA) is 55.8 Å². The molecule has 1 aliphatic heterocycles. The average Bonchev–Trinajstić information content (AvgIpc) is 3.08. The van der Waals surface area contributed by atoms with E-state index in [0.29, 0.717) is 40.2 Å². The average molecular weight is 573 g/mol. The Morgan fingerprint density at radius 3 is 2.51 bits per heavy atom. The van der Waals surface area contributed by atoms with Crippen molar-refractivity contribution in [3.8, 4) is 11.5 Å². The van der Waals surface area contributed by atoms with Crippen molar-refractivity contribution in [3.05, 3.63) is 97.3 Å². The summed E-state index contributed by atoms with van der Waals surface area (Å²) in [5, 5.41) is 0.0587. The fourth-order valence-electron chi connectivity index (χ4n) is 3.56. The first-order chi connectivity index (χ1) is 16.9. The number of amides is 2. The number of benzene rings is 3. The molecule has 0 bridgehead atoms. The number of hydrogen-bond donors (Lipinski definition) is 0. The minimum Gasteiger partial charge on any atom is -0.490 e. The molecule has 0 aliphatic carbocycles. The summed E-state index contributed by atoms with van der Waals surface area (Å²) in [5.41, 5.74) is 3.69. The van der Waals surface area contributed by atoms with Gasteiger partial charge >= 0.3 is 0 Å². The fraction of sp³-hybridized carbons (Fsp3) is 0.185. The molecule has 1 saturated heterocycles. The van der Waals surface area contributed by atoms with E-state index < -0.39 is 0 Å². The van der Waals surface area contributed by atoms with Crippen LogP contribution in [0.5, 0.6) is 11.5 Å². The van der Waals surface area contributed by atoms with Crippen LogP contribution in [0.3, 0.4) is 0 Å². The number of ether oxygens (including phenoxy) is 2. The lowest BCUT2D eigenvalue weighted by molar-refractivity contribution is -0.123. The highest BCUT2D eigenvalue weighted by Crippen LogP contribution is 2.40. The van der Waals surface area contributed by atoms with Gasteiger partial charge in [-0.15, -0.1) is 0 Å². The molecule has 35 heavy (non-hydrogen) atoms. The molecule has 1 aliphatic rings. The van der Waals surface area contributed by atoms with Gasteiger partial charge in [-0.25, -0.2) is 0 Å². The molecule has 180 valence electrons. The van der Waals surface area contributed by atoms with Crippen LogP contribution in [-0.4, -0.2) is 22.7 Å². The summed E-state index contributed by atoms with van der Waals surface area (Å²) in [6.07, 6.45) is 1.66. The predicted octanol–water partition coefficient (Wildman–Crippen LogP) is 7.63. The zero-order valence-corrected chi connectivity index (χ0v) is 22.4. The van der Waals surface area contributed by atoms with E-state index in [2.05, 4.69) is 15.9 Å².